The number of hydrogen-bond acceptors (Lipinski definition) is 1. The highest BCUT2D eigenvalue weighted by molar-refractivity contribution is 7.71. The van der Waals surface area contributed by atoms with Crippen LogP contribution in [0.2, 0.25) is 0 Å². The number of halogens is 1. The largest absolute Gasteiger partial charge is 0.331 e. The van der Waals surface area contributed by atoms with E-state index in [0.717, 1.165) is 30.3 Å². The molecule has 1 N–H and O–H groups in total. The maximum absolute atomic E-state index is 13.6. The van der Waals surface area contributed by atoms with Crippen LogP contribution < -0.4 is 0 Å². The zero-order valence-corrected chi connectivity index (χ0v) is 12.3. The summed E-state index contributed by atoms with van der Waals surface area (Å²) in [6, 6.07) is 13.6. The highest BCUT2D eigenvalue weighted by Gasteiger charge is 2.22. The second kappa shape index (κ2) is 4.81. The van der Waals surface area contributed by atoms with Gasteiger partial charge in [0.05, 0.1) is 11.0 Å². The third kappa shape index (κ3) is 2.10. The number of H-pyrrole nitrogens is 1. The summed E-state index contributed by atoms with van der Waals surface area (Å²) in [5.74, 6) is -0.221. The molecule has 0 fully saturated rings. The number of aromatic nitrogens is 2. The molecule has 106 valence electrons. The molecular weight excluding hydrogens is 283 g/mol. The Morgan fingerprint density at radius 3 is 2.81 bits per heavy atom. The summed E-state index contributed by atoms with van der Waals surface area (Å²) in [6.45, 7) is 0. The van der Waals surface area contributed by atoms with Gasteiger partial charge in [0.25, 0.3) is 0 Å². The van der Waals surface area contributed by atoms with Crippen LogP contribution in [0.5, 0.6) is 0 Å². The van der Waals surface area contributed by atoms with Crippen LogP contribution in [0.4, 0.5) is 4.39 Å². The lowest BCUT2D eigenvalue weighted by Gasteiger charge is -2.26. The molecule has 0 saturated carbocycles. The fourth-order valence-corrected chi connectivity index (χ4v) is 3.71. The van der Waals surface area contributed by atoms with E-state index >= 15 is 0 Å². The average Bonchev–Trinajstić information content (AvgIpc) is 2.82. The van der Waals surface area contributed by atoms with Crippen LogP contribution in [0.3, 0.4) is 0 Å². The van der Waals surface area contributed by atoms with Crippen LogP contribution in [0.25, 0.3) is 11.0 Å². The van der Waals surface area contributed by atoms with Crippen LogP contribution in [0.1, 0.15) is 23.6 Å². The number of aryl methyl sites for hydroxylation is 1. The fourth-order valence-electron chi connectivity index (χ4n) is 3.36. The Balaban J connectivity index is 1.83. The SMILES string of the molecule is Fc1ccc2[nH]c(=S)n(C3CCc4ccccc4C3)c2c1. The summed E-state index contributed by atoms with van der Waals surface area (Å²) in [7, 11) is 0. The Kier molecular flexibility index (Phi) is 2.93. The van der Waals surface area contributed by atoms with Gasteiger partial charge in [-0.15, -0.1) is 0 Å². The maximum atomic E-state index is 13.6. The minimum atomic E-state index is -0.221. The molecule has 2 aromatic carbocycles. The number of imidazole rings is 1. The molecular formula is C17H15FN2S. The first-order valence-electron chi connectivity index (χ1n) is 7.19. The summed E-state index contributed by atoms with van der Waals surface area (Å²) in [5.41, 5.74) is 4.57. The predicted molar refractivity (Wildman–Crippen MR) is 84.6 cm³/mol. The van der Waals surface area contributed by atoms with Crippen LogP contribution in [-0.4, -0.2) is 9.55 Å². The van der Waals surface area contributed by atoms with Gasteiger partial charge in [0.1, 0.15) is 5.82 Å². The van der Waals surface area contributed by atoms with Crippen LogP contribution in [-0.2, 0) is 12.8 Å². The lowest BCUT2D eigenvalue weighted by molar-refractivity contribution is 0.448. The molecule has 1 atom stereocenters. The van der Waals surface area contributed by atoms with Gasteiger partial charge in [0.2, 0.25) is 0 Å². The van der Waals surface area contributed by atoms with E-state index in [-0.39, 0.29) is 5.82 Å². The van der Waals surface area contributed by atoms with Crippen LogP contribution in [0.15, 0.2) is 42.5 Å². The molecule has 1 aliphatic carbocycles. The van der Waals surface area contributed by atoms with Crippen molar-refractivity contribution in [3.63, 3.8) is 0 Å². The van der Waals surface area contributed by atoms with Crippen molar-refractivity contribution in [2.75, 3.05) is 0 Å². The van der Waals surface area contributed by atoms with Crippen LogP contribution >= 0.6 is 12.2 Å². The highest BCUT2D eigenvalue weighted by atomic mass is 32.1. The first-order valence-corrected chi connectivity index (χ1v) is 7.60. The van der Waals surface area contributed by atoms with E-state index < -0.39 is 0 Å². The molecule has 2 nitrogen and oxygen atoms in total. The molecule has 0 aliphatic heterocycles. The Morgan fingerprint density at radius 2 is 1.95 bits per heavy atom. The van der Waals surface area contributed by atoms with Crippen molar-refractivity contribution in [2.24, 2.45) is 0 Å². The van der Waals surface area contributed by atoms with E-state index in [9.17, 15) is 4.39 Å². The normalized spacial score (nSPS) is 17.9. The average molecular weight is 298 g/mol. The van der Waals surface area contributed by atoms with E-state index in [1.54, 1.807) is 12.1 Å². The van der Waals surface area contributed by atoms with Crippen molar-refractivity contribution >= 4 is 23.3 Å². The summed E-state index contributed by atoms with van der Waals surface area (Å²) in [6.07, 6.45) is 3.04. The van der Waals surface area contributed by atoms with Crippen molar-refractivity contribution < 1.29 is 4.39 Å². The molecule has 3 aromatic rings. The van der Waals surface area contributed by atoms with E-state index in [4.69, 9.17) is 12.2 Å². The summed E-state index contributed by atoms with van der Waals surface area (Å²) >= 11 is 5.46. The molecule has 4 rings (SSSR count). The number of fused-ring (bicyclic) bond motifs is 2. The molecule has 21 heavy (non-hydrogen) atoms. The van der Waals surface area contributed by atoms with E-state index in [1.807, 2.05) is 0 Å². The third-order valence-electron chi connectivity index (χ3n) is 4.37. The molecule has 0 amide bonds. The van der Waals surface area contributed by atoms with Crippen molar-refractivity contribution in [1.29, 1.82) is 0 Å². The minimum absolute atomic E-state index is 0.221. The van der Waals surface area contributed by atoms with Crippen molar-refractivity contribution in [2.45, 2.75) is 25.3 Å². The molecule has 1 unspecified atom stereocenters. The topological polar surface area (TPSA) is 20.7 Å². The quantitative estimate of drug-likeness (QED) is 0.653. The summed E-state index contributed by atoms with van der Waals surface area (Å²) in [5, 5.41) is 0. The van der Waals surface area contributed by atoms with Gasteiger partial charge >= 0.3 is 0 Å². The first kappa shape index (κ1) is 12.8. The molecule has 1 aromatic heterocycles. The van der Waals surface area contributed by atoms with Crippen molar-refractivity contribution in [1.82, 2.24) is 9.55 Å². The monoisotopic (exact) mass is 298 g/mol. The first-order chi connectivity index (χ1) is 10.2. The Morgan fingerprint density at radius 1 is 1.14 bits per heavy atom. The lowest BCUT2D eigenvalue weighted by atomic mass is 9.88. The summed E-state index contributed by atoms with van der Waals surface area (Å²) < 4.78 is 16.3. The van der Waals surface area contributed by atoms with Gasteiger partial charge in [-0.3, -0.25) is 0 Å². The fraction of sp³-hybridized carbons (Fsp3) is 0.235. The number of rotatable bonds is 1. The molecule has 4 heteroatoms. The number of aromatic amines is 1. The Hall–Kier alpha value is -1.94. The van der Waals surface area contributed by atoms with Gasteiger partial charge in [-0.1, -0.05) is 24.3 Å². The molecule has 0 radical (unpaired) electrons. The van der Waals surface area contributed by atoms with Gasteiger partial charge in [0, 0.05) is 6.04 Å². The second-order valence-electron chi connectivity index (χ2n) is 5.63. The number of nitrogens with one attached hydrogen (secondary N) is 1. The van der Waals surface area contributed by atoms with Crippen molar-refractivity contribution in [3.8, 4) is 0 Å². The smallest absolute Gasteiger partial charge is 0.178 e. The maximum Gasteiger partial charge on any atom is 0.178 e. The second-order valence-corrected chi connectivity index (χ2v) is 6.01. The third-order valence-corrected chi connectivity index (χ3v) is 4.66. The van der Waals surface area contributed by atoms with E-state index in [1.165, 1.54) is 17.2 Å². The standard InChI is InChI=1S/C17H15FN2S/c18-13-6-8-15-16(10-13)20(17(21)19-15)14-7-5-11-3-1-2-4-12(11)9-14/h1-4,6,8,10,14H,5,7,9H2,(H,19,21). The number of nitrogens with zero attached hydrogens (tertiary/aromatic N) is 1. The van der Waals surface area contributed by atoms with Gasteiger partial charge < -0.3 is 9.55 Å². The lowest BCUT2D eigenvalue weighted by Crippen LogP contribution is -2.18. The number of benzene rings is 2. The van der Waals surface area contributed by atoms with Gasteiger partial charge in [-0.25, -0.2) is 4.39 Å². The summed E-state index contributed by atoms with van der Waals surface area (Å²) in [4.78, 5) is 3.19. The molecule has 0 spiro atoms. The van der Waals surface area contributed by atoms with Crippen LogP contribution in [0, 0.1) is 10.6 Å². The zero-order valence-electron chi connectivity index (χ0n) is 11.5. The zero-order chi connectivity index (χ0) is 14.4. The Labute approximate surface area is 127 Å². The molecule has 0 bridgehead atoms. The highest BCUT2D eigenvalue weighted by Crippen LogP contribution is 2.31. The Bertz CT molecular complexity index is 878. The van der Waals surface area contributed by atoms with Gasteiger partial charge in [-0.05, 0) is 60.8 Å². The predicted octanol–water partition coefficient (Wildman–Crippen LogP) is 4.57. The van der Waals surface area contributed by atoms with Crippen molar-refractivity contribution in [3.05, 3.63) is 64.2 Å². The van der Waals surface area contributed by atoms with E-state index in [0.29, 0.717) is 10.8 Å². The van der Waals surface area contributed by atoms with Gasteiger partial charge in [-0.2, -0.15) is 0 Å². The minimum Gasteiger partial charge on any atom is -0.331 e. The van der Waals surface area contributed by atoms with E-state index in [2.05, 4.69) is 33.8 Å². The molecule has 1 aliphatic rings. The molecule has 1 heterocycles. The van der Waals surface area contributed by atoms with Gasteiger partial charge in [0.15, 0.2) is 4.77 Å². The molecule has 0 saturated heterocycles. The number of hydrogen-bond donors (Lipinski definition) is 1.